The van der Waals surface area contributed by atoms with Crippen LogP contribution in [0.2, 0.25) is 0 Å². The van der Waals surface area contributed by atoms with E-state index < -0.39 is 16.7 Å². The summed E-state index contributed by atoms with van der Waals surface area (Å²) in [6, 6.07) is 0. The maximum absolute atomic E-state index is 11.0. The summed E-state index contributed by atoms with van der Waals surface area (Å²) >= 11 is 0. The second-order valence-electron chi connectivity index (χ2n) is 6.54. The molecule has 4 bridgehead atoms. The average molecular weight is 256 g/mol. The van der Waals surface area contributed by atoms with Crippen LogP contribution in [0.3, 0.4) is 0 Å². The number of carboxylic acids is 1. The highest BCUT2D eigenvalue weighted by Crippen LogP contribution is 2.63. The average Bonchev–Trinajstić information content (AvgIpc) is 2.08. The van der Waals surface area contributed by atoms with Gasteiger partial charge in [0.25, 0.3) is 0 Å². The lowest BCUT2D eigenvalue weighted by atomic mass is 9.47. The van der Waals surface area contributed by atoms with Gasteiger partial charge in [-0.25, -0.2) is 5.21 Å². The summed E-state index contributed by atoms with van der Waals surface area (Å²) in [7, 11) is 0. The summed E-state index contributed by atoms with van der Waals surface area (Å²) in [4.78, 5) is 26.9. The van der Waals surface area contributed by atoms with Crippen LogP contribution >= 0.6 is 0 Å². The van der Waals surface area contributed by atoms with E-state index in [2.05, 4.69) is 0 Å². The highest BCUT2D eigenvalue weighted by molar-refractivity contribution is 5.67. The van der Waals surface area contributed by atoms with Crippen LogP contribution in [0.4, 0.5) is 0 Å². The van der Waals surface area contributed by atoms with E-state index in [0.717, 1.165) is 32.1 Å². The van der Waals surface area contributed by atoms with Crippen LogP contribution in [0, 0.1) is 22.2 Å². The fraction of sp³-hybridized carbons (Fsp3) is 0.917. The Labute approximate surface area is 104 Å². The van der Waals surface area contributed by atoms with Crippen LogP contribution in [0.15, 0.2) is 0 Å². The highest BCUT2D eigenvalue weighted by Gasteiger charge is 2.62. The van der Waals surface area contributed by atoms with E-state index in [0.29, 0.717) is 18.3 Å². The molecule has 0 saturated heterocycles. The van der Waals surface area contributed by atoms with Crippen LogP contribution in [-0.2, 0) is 9.63 Å². The van der Waals surface area contributed by atoms with Gasteiger partial charge in [0.1, 0.15) is 4.91 Å². The molecule has 0 aliphatic heterocycles. The molecule has 4 rings (SSSR count). The van der Waals surface area contributed by atoms with Crippen molar-refractivity contribution in [2.75, 3.05) is 0 Å². The summed E-state index contributed by atoms with van der Waals surface area (Å²) in [5.41, 5.74) is -0.859. The zero-order chi connectivity index (χ0) is 13.0. The Morgan fingerprint density at radius 3 is 2.39 bits per heavy atom. The fourth-order valence-electron chi connectivity index (χ4n) is 5.16. The molecule has 2 atom stereocenters. The largest absolute Gasteiger partial charge is 0.481 e. The predicted octanol–water partition coefficient (Wildman–Crippen LogP) is 1.90. The molecule has 2 unspecified atom stereocenters. The predicted molar refractivity (Wildman–Crippen MR) is 58.6 cm³/mol. The van der Waals surface area contributed by atoms with Crippen molar-refractivity contribution in [2.45, 2.75) is 50.5 Å². The van der Waals surface area contributed by atoms with Crippen molar-refractivity contribution in [1.82, 2.24) is 0 Å². The molecule has 2 N–H and O–H groups in total. The van der Waals surface area contributed by atoms with Gasteiger partial charge in [0.15, 0.2) is 5.60 Å². The van der Waals surface area contributed by atoms with Crippen molar-refractivity contribution in [1.29, 1.82) is 0 Å². The number of aliphatic carboxylic acids is 1. The molecule has 0 amide bonds. The lowest BCUT2D eigenvalue weighted by Gasteiger charge is -2.58. The molecule has 0 heterocycles. The molecular weight excluding hydrogens is 238 g/mol. The molecule has 4 saturated carbocycles. The minimum Gasteiger partial charge on any atom is -0.481 e. The third kappa shape index (κ3) is 1.83. The van der Waals surface area contributed by atoms with Gasteiger partial charge < -0.3 is 5.11 Å². The van der Waals surface area contributed by atoms with Crippen molar-refractivity contribution in [3.8, 4) is 0 Å². The first-order valence-electron chi connectivity index (χ1n) is 6.47. The molecule has 0 radical (unpaired) electrons. The second kappa shape index (κ2) is 3.59. The molecule has 0 aromatic rings. The van der Waals surface area contributed by atoms with E-state index in [9.17, 15) is 9.70 Å². The monoisotopic (exact) mass is 256 g/mol. The Kier molecular flexibility index (Phi) is 2.34. The minimum atomic E-state index is -0.782. The van der Waals surface area contributed by atoms with Crippen molar-refractivity contribution >= 4 is 5.97 Å². The Balaban J connectivity index is 1.87. The van der Waals surface area contributed by atoms with E-state index in [1.165, 1.54) is 0 Å². The number of carboxylic acid groups (broad SMARTS) is 1. The molecule has 4 fully saturated rings. The maximum Gasteiger partial charge on any atom is 0.475 e. The smallest absolute Gasteiger partial charge is 0.475 e. The van der Waals surface area contributed by atoms with E-state index in [1.807, 2.05) is 0 Å². The van der Waals surface area contributed by atoms with Gasteiger partial charge in [-0.15, -0.1) is 0 Å². The minimum absolute atomic E-state index is 0.148. The van der Waals surface area contributed by atoms with E-state index >= 15 is 0 Å². The van der Waals surface area contributed by atoms with Gasteiger partial charge in [0, 0.05) is 6.42 Å². The Morgan fingerprint density at radius 2 is 1.89 bits per heavy atom. The molecule has 0 spiro atoms. The lowest BCUT2D eigenvalue weighted by molar-refractivity contribution is -0.990. The second-order valence-corrected chi connectivity index (χ2v) is 6.54. The first kappa shape index (κ1) is 11.7. The van der Waals surface area contributed by atoms with Gasteiger partial charge in [0.2, 0.25) is 0 Å². The van der Waals surface area contributed by atoms with Crippen molar-refractivity contribution in [3.05, 3.63) is 4.91 Å². The number of rotatable bonds is 4. The zero-order valence-corrected chi connectivity index (χ0v) is 10.2. The molecule has 0 aromatic heterocycles. The van der Waals surface area contributed by atoms with Gasteiger partial charge in [-0.05, 0) is 49.4 Å². The Morgan fingerprint density at radius 1 is 1.28 bits per heavy atom. The molecule has 4 aliphatic carbocycles. The third-order valence-corrected chi connectivity index (χ3v) is 4.93. The maximum atomic E-state index is 11.0. The number of hydrogen-bond acceptors (Lipinski definition) is 3. The van der Waals surface area contributed by atoms with Crippen molar-refractivity contribution in [3.63, 3.8) is 0 Å². The summed E-state index contributed by atoms with van der Waals surface area (Å²) in [6.45, 7) is 0. The van der Waals surface area contributed by atoms with Gasteiger partial charge in [-0.2, -0.15) is 4.84 Å². The quantitative estimate of drug-likeness (QED) is 0.750. The van der Waals surface area contributed by atoms with Crippen molar-refractivity contribution < 1.29 is 25.0 Å². The molecule has 100 valence electrons. The molecular formula is C12H18NO5+. The van der Waals surface area contributed by atoms with Crippen LogP contribution in [0.5, 0.6) is 0 Å². The normalized spacial score (nSPS) is 44.9. The fourth-order valence-corrected chi connectivity index (χ4v) is 5.16. The van der Waals surface area contributed by atoms with Crippen LogP contribution in [0.25, 0.3) is 0 Å². The first-order valence-corrected chi connectivity index (χ1v) is 6.47. The molecule has 6 nitrogen and oxygen atoms in total. The SMILES string of the molecule is O=C(O)CC12CC3CC(C1)CC(O[N+](=O)O)(C3)C2. The standard InChI is InChI=1S/C12H17NO5/c14-10(15)6-11-2-8-1-9(3-11)5-12(4-8,7-11)18-13(16)17/h8-9H,1-7H2,(H-,14,15,16,17)/p+1. The number of hydrogen-bond donors (Lipinski definition) is 2. The van der Waals surface area contributed by atoms with E-state index in [4.69, 9.17) is 15.2 Å². The summed E-state index contributed by atoms with van der Waals surface area (Å²) in [5.74, 6) is 0.0891. The molecule has 4 aliphatic rings. The zero-order valence-electron chi connectivity index (χ0n) is 10.2. The lowest BCUT2D eigenvalue weighted by Crippen LogP contribution is -2.57. The summed E-state index contributed by atoms with van der Waals surface area (Å²) < 4.78 is 0. The van der Waals surface area contributed by atoms with E-state index in [-0.39, 0.29) is 11.8 Å². The van der Waals surface area contributed by atoms with Gasteiger partial charge in [0.05, 0.1) is 6.42 Å². The Bertz CT molecular complexity index is 359. The molecule has 18 heavy (non-hydrogen) atoms. The van der Waals surface area contributed by atoms with Gasteiger partial charge >= 0.3 is 11.1 Å². The number of carbonyl (C=O) groups is 1. The van der Waals surface area contributed by atoms with Crippen molar-refractivity contribution in [2.24, 2.45) is 17.3 Å². The van der Waals surface area contributed by atoms with Crippen LogP contribution in [0.1, 0.15) is 44.9 Å². The van der Waals surface area contributed by atoms with Crippen LogP contribution < -0.4 is 0 Å². The Hall–Kier alpha value is -1.33. The van der Waals surface area contributed by atoms with Crippen LogP contribution in [-0.4, -0.2) is 27.0 Å². The molecule has 0 aromatic carbocycles. The molecule has 6 heteroatoms. The van der Waals surface area contributed by atoms with Gasteiger partial charge in [-0.1, -0.05) is 0 Å². The summed E-state index contributed by atoms with van der Waals surface area (Å²) in [6.07, 6.45) is 5.22. The summed E-state index contributed by atoms with van der Waals surface area (Å²) in [5, 5.41) is 17.5. The van der Waals surface area contributed by atoms with E-state index in [1.54, 1.807) is 0 Å². The number of nitrogens with zero attached hydrogens (tertiary/aromatic N) is 1. The highest BCUT2D eigenvalue weighted by atomic mass is 17.0. The third-order valence-electron chi connectivity index (χ3n) is 4.93. The van der Waals surface area contributed by atoms with Gasteiger partial charge in [-0.3, -0.25) is 4.79 Å². The first-order chi connectivity index (χ1) is 8.40. The topological polar surface area (TPSA) is 86.8 Å².